The van der Waals surface area contributed by atoms with Crippen molar-refractivity contribution in [1.29, 1.82) is 0 Å². The highest BCUT2D eigenvalue weighted by Crippen LogP contribution is 2.32. The third kappa shape index (κ3) is 4.29. The van der Waals surface area contributed by atoms with E-state index in [9.17, 15) is 15.2 Å². The van der Waals surface area contributed by atoms with Gasteiger partial charge in [0.25, 0.3) is 5.69 Å². The second kappa shape index (κ2) is 7.08. The summed E-state index contributed by atoms with van der Waals surface area (Å²) in [6, 6.07) is 11.8. The minimum atomic E-state index is -0.421. The Morgan fingerprint density at radius 1 is 1.17 bits per heavy atom. The van der Waals surface area contributed by atoms with Crippen molar-refractivity contribution in [2.45, 2.75) is 26.2 Å². The number of nitrogens with zero attached hydrogens (tertiary/aromatic N) is 2. The van der Waals surface area contributed by atoms with Gasteiger partial charge in [0.05, 0.1) is 10.5 Å². The van der Waals surface area contributed by atoms with E-state index in [-0.39, 0.29) is 16.9 Å². The molecule has 0 aliphatic carbocycles. The number of phenolic OH excluding ortho intramolecular Hbond substituents is 1. The molecule has 124 valence electrons. The van der Waals surface area contributed by atoms with Crippen molar-refractivity contribution < 1.29 is 10.0 Å². The molecule has 0 aliphatic rings. The van der Waals surface area contributed by atoms with Gasteiger partial charge in [0, 0.05) is 12.3 Å². The summed E-state index contributed by atoms with van der Waals surface area (Å²) in [4.78, 5) is 14.8. The summed E-state index contributed by atoms with van der Waals surface area (Å²) < 4.78 is 0. The first-order valence-electron chi connectivity index (χ1n) is 7.56. The van der Waals surface area contributed by atoms with E-state index < -0.39 is 4.92 Å². The highest BCUT2D eigenvalue weighted by Gasteiger charge is 2.15. The van der Waals surface area contributed by atoms with Crippen molar-refractivity contribution in [3.63, 3.8) is 0 Å². The number of hydrogen-bond acceptors (Lipinski definition) is 4. The van der Waals surface area contributed by atoms with Gasteiger partial charge in [-0.15, -0.1) is 0 Å². The van der Waals surface area contributed by atoms with E-state index in [0.717, 1.165) is 5.56 Å². The minimum absolute atomic E-state index is 0.0414. The van der Waals surface area contributed by atoms with Gasteiger partial charge in [0.2, 0.25) is 0 Å². The summed E-state index contributed by atoms with van der Waals surface area (Å²) >= 11 is 0. The third-order valence-electron chi connectivity index (χ3n) is 3.55. The number of nitro benzene ring substituents is 1. The number of para-hydroxylation sites is 1. The Balaban J connectivity index is 2.22. The van der Waals surface area contributed by atoms with Crippen LogP contribution < -0.4 is 0 Å². The van der Waals surface area contributed by atoms with E-state index >= 15 is 0 Å². The van der Waals surface area contributed by atoms with Crippen LogP contribution in [0.25, 0.3) is 6.08 Å². The summed E-state index contributed by atoms with van der Waals surface area (Å²) in [6.07, 6.45) is 4.75. The highest BCUT2D eigenvalue weighted by atomic mass is 16.6. The van der Waals surface area contributed by atoms with Crippen molar-refractivity contribution in [2.75, 3.05) is 0 Å². The first kappa shape index (κ1) is 17.4. The van der Waals surface area contributed by atoms with Gasteiger partial charge in [-0.05, 0) is 41.3 Å². The molecule has 1 N–H and O–H groups in total. The number of aromatic hydroxyl groups is 1. The lowest BCUT2D eigenvalue weighted by molar-refractivity contribution is -0.385. The van der Waals surface area contributed by atoms with Gasteiger partial charge in [0.15, 0.2) is 0 Å². The molecule has 0 aliphatic heterocycles. The Hall–Kier alpha value is -2.95. The largest absolute Gasteiger partial charge is 0.506 e. The maximum absolute atomic E-state index is 11.0. The van der Waals surface area contributed by atoms with Crippen molar-refractivity contribution >= 4 is 23.7 Å². The predicted molar refractivity (Wildman–Crippen MR) is 97.1 cm³/mol. The zero-order valence-corrected chi connectivity index (χ0v) is 13.9. The van der Waals surface area contributed by atoms with Gasteiger partial charge >= 0.3 is 0 Å². The van der Waals surface area contributed by atoms with E-state index in [1.165, 1.54) is 12.3 Å². The monoisotopic (exact) mass is 324 g/mol. The molecule has 0 aromatic heterocycles. The van der Waals surface area contributed by atoms with Gasteiger partial charge in [-0.3, -0.25) is 15.1 Å². The Morgan fingerprint density at radius 3 is 2.54 bits per heavy atom. The molecule has 5 heteroatoms. The summed E-state index contributed by atoms with van der Waals surface area (Å²) in [7, 11) is 0. The SMILES string of the molecule is CC(C)(C)c1ccc(O)c(N=CC=Cc2ccccc2[N+](=O)[O-])c1. The maximum Gasteiger partial charge on any atom is 0.276 e. The summed E-state index contributed by atoms with van der Waals surface area (Å²) in [6.45, 7) is 6.25. The van der Waals surface area contributed by atoms with Crippen LogP contribution in [-0.2, 0) is 5.41 Å². The van der Waals surface area contributed by atoms with E-state index in [0.29, 0.717) is 11.3 Å². The van der Waals surface area contributed by atoms with Gasteiger partial charge in [0.1, 0.15) is 11.4 Å². The summed E-state index contributed by atoms with van der Waals surface area (Å²) in [5.41, 5.74) is 2.03. The summed E-state index contributed by atoms with van der Waals surface area (Å²) in [5, 5.41) is 20.9. The normalized spacial score (nSPS) is 12.1. The van der Waals surface area contributed by atoms with Crippen LogP contribution in [-0.4, -0.2) is 16.2 Å². The number of phenols is 1. The Bertz CT molecular complexity index is 802. The molecule has 0 heterocycles. The highest BCUT2D eigenvalue weighted by molar-refractivity contribution is 5.82. The lowest BCUT2D eigenvalue weighted by Crippen LogP contribution is -2.10. The minimum Gasteiger partial charge on any atom is -0.506 e. The molecule has 24 heavy (non-hydrogen) atoms. The van der Waals surface area contributed by atoms with Crippen molar-refractivity contribution in [3.8, 4) is 5.75 Å². The number of allylic oxidation sites excluding steroid dienone is 1. The molecule has 2 aromatic carbocycles. The van der Waals surface area contributed by atoms with Crippen LogP contribution in [0.4, 0.5) is 11.4 Å². The molecular formula is C19H20N2O3. The molecule has 0 saturated carbocycles. The molecule has 0 fully saturated rings. The smallest absolute Gasteiger partial charge is 0.276 e. The quantitative estimate of drug-likeness (QED) is 0.488. The topological polar surface area (TPSA) is 75.7 Å². The van der Waals surface area contributed by atoms with Crippen LogP contribution >= 0.6 is 0 Å². The fraction of sp³-hybridized carbons (Fsp3) is 0.211. The van der Waals surface area contributed by atoms with Gasteiger partial charge in [-0.25, -0.2) is 0 Å². The molecule has 0 spiro atoms. The Labute approximate surface area is 141 Å². The van der Waals surface area contributed by atoms with E-state index in [4.69, 9.17) is 0 Å². The van der Waals surface area contributed by atoms with Crippen LogP contribution in [0.3, 0.4) is 0 Å². The van der Waals surface area contributed by atoms with Crippen LogP contribution in [0.1, 0.15) is 31.9 Å². The fourth-order valence-corrected chi connectivity index (χ4v) is 2.16. The van der Waals surface area contributed by atoms with Gasteiger partial charge in [-0.1, -0.05) is 39.0 Å². The lowest BCUT2D eigenvalue weighted by atomic mass is 9.87. The molecule has 0 saturated heterocycles. The molecule has 0 radical (unpaired) electrons. The zero-order valence-electron chi connectivity index (χ0n) is 13.9. The first-order valence-corrected chi connectivity index (χ1v) is 7.56. The van der Waals surface area contributed by atoms with Gasteiger partial charge in [-0.2, -0.15) is 0 Å². The molecule has 2 aromatic rings. The summed E-state index contributed by atoms with van der Waals surface area (Å²) in [5.74, 6) is 0.0957. The first-order chi connectivity index (χ1) is 11.3. The van der Waals surface area contributed by atoms with E-state index in [2.05, 4.69) is 25.8 Å². The average molecular weight is 324 g/mol. The van der Waals surface area contributed by atoms with Crippen LogP contribution in [0.5, 0.6) is 5.75 Å². The van der Waals surface area contributed by atoms with Crippen molar-refractivity contribution in [2.24, 2.45) is 4.99 Å². The molecule has 0 unspecified atom stereocenters. The Kier molecular flexibility index (Phi) is 5.14. The number of nitro groups is 1. The number of aliphatic imine (C=N–C) groups is 1. The van der Waals surface area contributed by atoms with Crippen LogP contribution in [0, 0.1) is 10.1 Å². The lowest BCUT2D eigenvalue weighted by Gasteiger charge is -2.19. The fourth-order valence-electron chi connectivity index (χ4n) is 2.16. The molecular weight excluding hydrogens is 304 g/mol. The molecule has 0 atom stereocenters. The maximum atomic E-state index is 11.0. The van der Waals surface area contributed by atoms with E-state index in [1.807, 2.05) is 12.1 Å². The molecule has 0 bridgehead atoms. The second-order valence-electron chi connectivity index (χ2n) is 6.41. The number of benzene rings is 2. The van der Waals surface area contributed by atoms with Crippen LogP contribution in [0.2, 0.25) is 0 Å². The number of hydrogen-bond donors (Lipinski definition) is 1. The zero-order chi connectivity index (χ0) is 17.7. The standard InChI is InChI=1S/C19H20N2O3/c1-19(2,3)15-10-11-18(22)16(13-15)20-12-6-8-14-7-4-5-9-17(14)21(23)24/h4-13,22H,1-3H3. The predicted octanol–water partition coefficient (Wildman–Crippen LogP) is 5.01. The van der Waals surface area contributed by atoms with Crippen LogP contribution in [0.15, 0.2) is 53.5 Å². The molecule has 5 nitrogen and oxygen atoms in total. The average Bonchev–Trinajstić information content (AvgIpc) is 2.52. The molecule has 0 amide bonds. The third-order valence-corrected chi connectivity index (χ3v) is 3.55. The Morgan fingerprint density at radius 2 is 1.88 bits per heavy atom. The van der Waals surface area contributed by atoms with E-state index in [1.54, 1.807) is 36.4 Å². The number of rotatable bonds is 4. The molecule has 2 rings (SSSR count). The van der Waals surface area contributed by atoms with Crippen molar-refractivity contribution in [1.82, 2.24) is 0 Å². The van der Waals surface area contributed by atoms with Gasteiger partial charge < -0.3 is 5.11 Å². The van der Waals surface area contributed by atoms with Crippen molar-refractivity contribution in [3.05, 3.63) is 69.8 Å². The second-order valence-corrected chi connectivity index (χ2v) is 6.41.